The number of unbranched alkanes of at least 4 members (excludes halogenated alkanes) is 19. The quantitative estimate of drug-likeness (QED) is 0.0391. The van der Waals surface area contributed by atoms with E-state index in [9.17, 15) is 14.4 Å². The topological polar surface area (TPSA) is 78.9 Å². The SMILES string of the molecule is CCCCCCCCCC(=O)OC[C@H](COC(=O)CCCCCCCCCCC(C)C)OC(=O)CCCCCCCCCC(C)C. The summed E-state index contributed by atoms with van der Waals surface area (Å²) in [6.45, 7) is 11.2. The van der Waals surface area contributed by atoms with Crippen LogP contribution in [0.2, 0.25) is 0 Å². The number of ether oxygens (including phenoxy) is 3. The Labute approximate surface area is 285 Å². The van der Waals surface area contributed by atoms with Crippen LogP contribution >= 0.6 is 0 Å². The van der Waals surface area contributed by atoms with E-state index >= 15 is 0 Å². The maximum absolute atomic E-state index is 12.6. The van der Waals surface area contributed by atoms with E-state index in [1.807, 2.05) is 0 Å². The third-order valence-electron chi connectivity index (χ3n) is 8.72. The number of carbonyl (C=O) groups is 3. The van der Waals surface area contributed by atoms with E-state index in [1.165, 1.54) is 96.3 Å². The fourth-order valence-electron chi connectivity index (χ4n) is 5.69. The zero-order chi connectivity index (χ0) is 34.1. The highest BCUT2D eigenvalue weighted by Crippen LogP contribution is 2.15. The highest BCUT2D eigenvalue weighted by atomic mass is 16.6. The predicted octanol–water partition coefficient (Wildman–Crippen LogP) is 11.8. The van der Waals surface area contributed by atoms with Crippen LogP contribution in [0.4, 0.5) is 0 Å². The van der Waals surface area contributed by atoms with Gasteiger partial charge in [-0.15, -0.1) is 0 Å². The molecule has 6 heteroatoms. The lowest BCUT2D eigenvalue weighted by atomic mass is 10.0. The molecule has 0 saturated heterocycles. The van der Waals surface area contributed by atoms with E-state index in [-0.39, 0.29) is 31.1 Å². The summed E-state index contributed by atoms with van der Waals surface area (Å²) in [7, 11) is 0. The van der Waals surface area contributed by atoms with Crippen molar-refractivity contribution < 1.29 is 28.6 Å². The highest BCUT2D eigenvalue weighted by Gasteiger charge is 2.19. The van der Waals surface area contributed by atoms with Gasteiger partial charge >= 0.3 is 17.9 Å². The summed E-state index contributed by atoms with van der Waals surface area (Å²) in [6.07, 6.45) is 28.2. The molecule has 0 fully saturated rings. The number of rotatable bonds is 34. The van der Waals surface area contributed by atoms with Crippen LogP contribution in [-0.4, -0.2) is 37.2 Å². The molecule has 0 radical (unpaired) electrons. The van der Waals surface area contributed by atoms with Crippen molar-refractivity contribution in [3.05, 3.63) is 0 Å². The molecular weight excluding hydrogens is 576 g/mol. The van der Waals surface area contributed by atoms with Gasteiger partial charge in [-0.25, -0.2) is 0 Å². The Morgan fingerprint density at radius 1 is 0.413 bits per heavy atom. The van der Waals surface area contributed by atoms with E-state index in [0.29, 0.717) is 19.3 Å². The molecule has 0 aromatic carbocycles. The van der Waals surface area contributed by atoms with Crippen LogP contribution in [0.3, 0.4) is 0 Å². The minimum absolute atomic E-state index is 0.0674. The Kier molecular flexibility index (Phi) is 32.2. The zero-order valence-corrected chi connectivity index (χ0v) is 31.2. The zero-order valence-electron chi connectivity index (χ0n) is 31.2. The van der Waals surface area contributed by atoms with E-state index in [2.05, 4.69) is 34.6 Å². The molecule has 0 aliphatic rings. The predicted molar refractivity (Wildman–Crippen MR) is 192 cm³/mol. The van der Waals surface area contributed by atoms with Crippen molar-refractivity contribution in [1.82, 2.24) is 0 Å². The summed E-state index contributed by atoms with van der Waals surface area (Å²) in [5.74, 6) is 0.698. The van der Waals surface area contributed by atoms with Crippen LogP contribution in [0, 0.1) is 11.8 Å². The lowest BCUT2D eigenvalue weighted by molar-refractivity contribution is -0.167. The smallest absolute Gasteiger partial charge is 0.306 e. The van der Waals surface area contributed by atoms with Gasteiger partial charge in [0.2, 0.25) is 0 Å². The Hall–Kier alpha value is -1.59. The number of hydrogen-bond donors (Lipinski definition) is 0. The Balaban J connectivity index is 4.34. The first-order valence-corrected chi connectivity index (χ1v) is 19.7. The molecule has 0 N–H and O–H groups in total. The molecule has 0 aliphatic heterocycles. The van der Waals surface area contributed by atoms with Crippen molar-refractivity contribution in [2.75, 3.05) is 13.2 Å². The van der Waals surface area contributed by atoms with Gasteiger partial charge in [0.15, 0.2) is 6.10 Å². The van der Waals surface area contributed by atoms with E-state index < -0.39 is 6.10 Å². The Bertz CT molecular complexity index is 704. The van der Waals surface area contributed by atoms with Gasteiger partial charge in [0, 0.05) is 19.3 Å². The van der Waals surface area contributed by atoms with Crippen molar-refractivity contribution in [3.63, 3.8) is 0 Å². The first-order chi connectivity index (χ1) is 22.2. The molecule has 0 unspecified atom stereocenters. The van der Waals surface area contributed by atoms with E-state index in [0.717, 1.165) is 69.6 Å². The minimum atomic E-state index is -0.758. The molecule has 0 bridgehead atoms. The maximum atomic E-state index is 12.6. The first-order valence-electron chi connectivity index (χ1n) is 19.7. The molecule has 0 spiro atoms. The number of esters is 3. The van der Waals surface area contributed by atoms with Crippen molar-refractivity contribution >= 4 is 17.9 Å². The molecule has 46 heavy (non-hydrogen) atoms. The van der Waals surface area contributed by atoms with Crippen LogP contribution in [0.5, 0.6) is 0 Å². The third kappa shape index (κ3) is 33.8. The van der Waals surface area contributed by atoms with E-state index in [4.69, 9.17) is 14.2 Å². The summed E-state index contributed by atoms with van der Waals surface area (Å²) >= 11 is 0. The second-order valence-electron chi connectivity index (χ2n) is 14.5. The Morgan fingerprint density at radius 2 is 0.717 bits per heavy atom. The molecule has 0 saturated carbocycles. The van der Waals surface area contributed by atoms with Crippen LogP contribution in [0.25, 0.3) is 0 Å². The van der Waals surface area contributed by atoms with Gasteiger partial charge in [0.25, 0.3) is 0 Å². The summed E-state index contributed by atoms with van der Waals surface area (Å²) in [6, 6.07) is 0. The normalized spacial score (nSPS) is 12.1. The summed E-state index contributed by atoms with van der Waals surface area (Å²) in [4.78, 5) is 37.3. The number of carbonyl (C=O) groups excluding carboxylic acids is 3. The standard InChI is InChI=1S/C40H76O6/c1-6-7-8-9-13-20-25-30-38(41)44-33-37(46-40(43)32-27-22-17-12-15-19-24-29-36(4)5)34-45-39(42)31-26-21-16-11-10-14-18-23-28-35(2)3/h35-37H,6-34H2,1-5H3/t37-/m1/s1. The average molecular weight is 653 g/mol. The van der Waals surface area contributed by atoms with Crippen molar-refractivity contribution in [2.45, 2.75) is 214 Å². The van der Waals surface area contributed by atoms with Crippen molar-refractivity contribution in [1.29, 1.82) is 0 Å². The van der Waals surface area contributed by atoms with Gasteiger partial charge < -0.3 is 14.2 Å². The molecule has 0 aromatic heterocycles. The minimum Gasteiger partial charge on any atom is -0.462 e. The molecular formula is C40H76O6. The van der Waals surface area contributed by atoms with Crippen molar-refractivity contribution in [2.24, 2.45) is 11.8 Å². The molecule has 1 atom stereocenters. The summed E-state index contributed by atoms with van der Waals surface area (Å²) in [5.41, 5.74) is 0. The molecule has 272 valence electrons. The van der Waals surface area contributed by atoms with E-state index in [1.54, 1.807) is 0 Å². The molecule has 0 aromatic rings. The van der Waals surface area contributed by atoms with Gasteiger partial charge in [-0.3, -0.25) is 14.4 Å². The summed E-state index contributed by atoms with van der Waals surface area (Å²) < 4.78 is 16.6. The van der Waals surface area contributed by atoms with Crippen LogP contribution in [0.15, 0.2) is 0 Å². The van der Waals surface area contributed by atoms with Gasteiger partial charge in [-0.2, -0.15) is 0 Å². The fourth-order valence-corrected chi connectivity index (χ4v) is 5.69. The average Bonchev–Trinajstić information content (AvgIpc) is 3.01. The van der Waals surface area contributed by atoms with Crippen LogP contribution < -0.4 is 0 Å². The molecule has 0 rings (SSSR count). The van der Waals surface area contributed by atoms with Crippen LogP contribution in [-0.2, 0) is 28.6 Å². The first kappa shape index (κ1) is 44.4. The highest BCUT2D eigenvalue weighted by molar-refractivity contribution is 5.71. The largest absolute Gasteiger partial charge is 0.462 e. The molecule has 0 amide bonds. The second kappa shape index (κ2) is 33.3. The maximum Gasteiger partial charge on any atom is 0.306 e. The third-order valence-corrected chi connectivity index (χ3v) is 8.72. The Morgan fingerprint density at radius 3 is 1.07 bits per heavy atom. The monoisotopic (exact) mass is 653 g/mol. The number of hydrogen-bond acceptors (Lipinski definition) is 6. The second-order valence-corrected chi connectivity index (χ2v) is 14.5. The molecule has 0 heterocycles. The molecule has 6 nitrogen and oxygen atoms in total. The lowest BCUT2D eigenvalue weighted by Gasteiger charge is -2.18. The fraction of sp³-hybridized carbons (Fsp3) is 0.925. The van der Waals surface area contributed by atoms with Gasteiger partial charge in [0.05, 0.1) is 0 Å². The van der Waals surface area contributed by atoms with Crippen molar-refractivity contribution in [3.8, 4) is 0 Å². The summed E-state index contributed by atoms with van der Waals surface area (Å²) in [5, 5.41) is 0. The van der Waals surface area contributed by atoms with Gasteiger partial charge in [-0.1, -0.05) is 169 Å². The molecule has 0 aliphatic carbocycles. The lowest BCUT2D eigenvalue weighted by Crippen LogP contribution is -2.30. The van der Waals surface area contributed by atoms with Gasteiger partial charge in [-0.05, 0) is 31.1 Å². The van der Waals surface area contributed by atoms with Gasteiger partial charge in [0.1, 0.15) is 13.2 Å². The van der Waals surface area contributed by atoms with Crippen LogP contribution in [0.1, 0.15) is 208 Å².